The van der Waals surface area contributed by atoms with Gasteiger partial charge in [-0.3, -0.25) is 5.41 Å². The molecule has 1 aliphatic rings. The number of nitrogens with two attached hydrogens (primary N) is 1. The summed E-state index contributed by atoms with van der Waals surface area (Å²) in [6, 6.07) is 7.16. The van der Waals surface area contributed by atoms with Gasteiger partial charge in [0.15, 0.2) is 0 Å². The van der Waals surface area contributed by atoms with E-state index in [2.05, 4.69) is 19.6 Å². The van der Waals surface area contributed by atoms with Crippen LogP contribution in [0.15, 0.2) is 30.6 Å². The predicted molar refractivity (Wildman–Crippen MR) is 111 cm³/mol. The summed E-state index contributed by atoms with van der Waals surface area (Å²) in [5.41, 5.74) is 8.00. The number of methoxy groups -OCH3 is 2. The van der Waals surface area contributed by atoms with Crippen LogP contribution >= 0.6 is 0 Å². The average Bonchev–Trinajstić information content (AvgIpc) is 3.25. The smallest absolute Gasteiger partial charge is 0.132 e. The summed E-state index contributed by atoms with van der Waals surface area (Å²) in [6.07, 6.45) is 3.85. The van der Waals surface area contributed by atoms with Crippen LogP contribution < -0.4 is 15.4 Å². The van der Waals surface area contributed by atoms with Gasteiger partial charge in [0, 0.05) is 51.7 Å². The molecule has 3 rings (SSSR count). The third-order valence-electron chi connectivity index (χ3n) is 4.19. The van der Waals surface area contributed by atoms with E-state index in [0.717, 1.165) is 18.9 Å². The summed E-state index contributed by atoms with van der Waals surface area (Å²) >= 11 is 0. The predicted octanol–water partition coefficient (Wildman–Crippen LogP) is 2.36. The van der Waals surface area contributed by atoms with Crippen molar-refractivity contribution in [1.29, 1.82) is 5.41 Å². The number of hydrogen-bond donors (Lipinski definition) is 2. The Kier molecular flexibility index (Phi) is 8.64. The number of benzene rings is 1. The minimum Gasteiger partial charge on any atom is -0.491 e. The Hall–Kier alpha value is -2.71. The molecular weight excluding hydrogens is 358 g/mol. The van der Waals surface area contributed by atoms with E-state index in [1.807, 2.05) is 6.07 Å². The third kappa shape index (κ3) is 5.90. The van der Waals surface area contributed by atoms with Crippen LogP contribution in [0.4, 0.5) is 11.5 Å². The van der Waals surface area contributed by atoms with Gasteiger partial charge in [0.1, 0.15) is 24.5 Å². The Labute approximate surface area is 166 Å². The SMILES string of the molecule is COC.COCCOc1ccc(N)c(C(=N)c2cc(N3CCCC3)ncn2)c1. The number of hydrogen-bond acceptors (Lipinski definition) is 8. The van der Waals surface area contributed by atoms with Gasteiger partial charge in [0.2, 0.25) is 0 Å². The summed E-state index contributed by atoms with van der Waals surface area (Å²) in [7, 11) is 4.88. The molecule has 28 heavy (non-hydrogen) atoms. The molecule has 1 aromatic heterocycles. The van der Waals surface area contributed by atoms with Gasteiger partial charge in [0.05, 0.1) is 18.0 Å². The fourth-order valence-corrected chi connectivity index (χ4v) is 2.83. The van der Waals surface area contributed by atoms with Gasteiger partial charge >= 0.3 is 0 Å². The van der Waals surface area contributed by atoms with Crippen molar-refractivity contribution in [3.05, 3.63) is 41.9 Å². The van der Waals surface area contributed by atoms with Crippen molar-refractivity contribution < 1.29 is 14.2 Å². The zero-order valence-electron chi connectivity index (χ0n) is 16.8. The van der Waals surface area contributed by atoms with E-state index in [1.54, 1.807) is 39.5 Å². The maximum absolute atomic E-state index is 8.52. The summed E-state index contributed by atoms with van der Waals surface area (Å²) in [5, 5.41) is 8.52. The van der Waals surface area contributed by atoms with Crippen molar-refractivity contribution in [2.45, 2.75) is 12.8 Å². The van der Waals surface area contributed by atoms with Crippen LogP contribution in [-0.4, -0.2) is 63.3 Å². The Bertz CT molecular complexity index is 763. The normalized spacial score (nSPS) is 13.0. The molecule has 3 N–H and O–H groups in total. The van der Waals surface area contributed by atoms with Crippen LogP contribution in [0.2, 0.25) is 0 Å². The highest BCUT2D eigenvalue weighted by molar-refractivity contribution is 6.13. The second-order valence-electron chi connectivity index (χ2n) is 6.33. The zero-order chi connectivity index (χ0) is 20.4. The van der Waals surface area contributed by atoms with E-state index in [-0.39, 0.29) is 5.71 Å². The quantitative estimate of drug-likeness (QED) is 0.427. The van der Waals surface area contributed by atoms with Crippen molar-refractivity contribution >= 4 is 17.2 Å². The Morgan fingerprint density at radius 3 is 2.50 bits per heavy atom. The van der Waals surface area contributed by atoms with Crippen LogP contribution in [0.3, 0.4) is 0 Å². The lowest BCUT2D eigenvalue weighted by Gasteiger charge is -2.17. The van der Waals surface area contributed by atoms with Crippen molar-refractivity contribution in [3.8, 4) is 5.75 Å². The summed E-state index contributed by atoms with van der Waals surface area (Å²) < 4.78 is 14.8. The van der Waals surface area contributed by atoms with Crippen molar-refractivity contribution in [3.63, 3.8) is 0 Å². The minimum absolute atomic E-state index is 0.262. The fraction of sp³-hybridized carbons (Fsp3) is 0.450. The van der Waals surface area contributed by atoms with Crippen molar-refractivity contribution in [2.75, 3.05) is 58.3 Å². The fourth-order valence-electron chi connectivity index (χ4n) is 2.83. The molecule has 1 fully saturated rings. The Morgan fingerprint density at radius 1 is 1.11 bits per heavy atom. The summed E-state index contributed by atoms with van der Waals surface area (Å²) in [4.78, 5) is 10.8. The summed E-state index contributed by atoms with van der Waals surface area (Å²) in [6.45, 7) is 2.94. The molecule has 1 aromatic carbocycles. The average molecular weight is 387 g/mol. The summed E-state index contributed by atoms with van der Waals surface area (Å²) in [5.74, 6) is 1.51. The number of nitrogens with one attached hydrogen (secondary N) is 1. The van der Waals surface area contributed by atoms with E-state index < -0.39 is 0 Å². The lowest BCUT2D eigenvalue weighted by Crippen LogP contribution is -2.20. The molecule has 8 heteroatoms. The number of anilines is 2. The molecule has 0 unspecified atom stereocenters. The lowest BCUT2D eigenvalue weighted by molar-refractivity contribution is 0.146. The van der Waals surface area contributed by atoms with Gasteiger partial charge < -0.3 is 24.8 Å². The number of aromatic nitrogens is 2. The molecule has 8 nitrogen and oxygen atoms in total. The van der Waals surface area contributed by atoms with Crippen LogP contribution in [0, 0.1) is 5.41 Å². The first-order chi connectivity index (χ1) is 13.6. The third-order valence-corrected chi connectivity index (χ3v) is 4.19. The van der Waals surface area contributed by atoms with Crippen LogP contribution in [-0.2, 0) is 9.47 Å². The molecule has 0 bridgehead atoms. The monoisotopic (exact) mass is 387 g/mol. The number of ether oxygens (including phenoxy) is 3. The molecule has 0 atom stereocenters. The first-order valence-corrected chi connectivity index (χ1v) is 9.18. The lowest BCUT2D eigenvalue weighted by atomic mass is 10.0. The van der Waals surface area contributed by atoms with E-state index in [1.165, 1.54) is 19.2 Å². The van der Waals surface area contributed by atoms with Gasteiger partial charge in [0.25, 0.3) is 0 Å². The van der Waals surface area contributed by atoms with Gasteiger partial charge in [-0.15, -0.1) is 0 Å². The molecule has 1 saturated heterocycles. The van der Waals surface area contributed by atoms with Crippen LogP contribution in [0.5, 0.6) is 5.75 Å². The highest BCUT2D eigenvalue weighted by atomic mass is 16.5. The first kappa shape index (κ1) is 21.6. The van der Waals surface area contributed by atoms with E-state index in [9.17, 15) is 0 Å². The molecule has 2 aromatic rings. The molecule has 0 saturated carbocycles. The molecule has 0 radical (unpaired) electrons. The van der Waals surface area contributed by atoms with E-state index in [4.69, 9.17) is 20.6 Å². The Balaban J connectivity index is 0.000000878. The molecule has 1 aliphatic heterocycles. The second-order valence-corrected chi connectivity index (χ2v) is 6.33. The Morgan fingerprint density at radius 2 is 1.82 bits per heavy atom. The molecular formula is C20H29N5O3. The van der Waals surface area contributed by atoms with Crippen molar-refractivity contribution in [1.82, 2.24) is 9.97 Å². The van der Waals surface area contributed by atoms with Crippen molar-refractivity contribution in [2.24, 2.45) is 0 Å². The van der Waals surface area contributed by atoms with Crippen LogP contribution in [0.25, 0.3) is 0 Å². The molecule has 0 spiro atoms. The van der Waals surface area contributed by atoms with E-state index in [0.29, 0.717) is 35.9 Å². The van der Waals surface area contributed by atoms with Gasteiger partial charge in [-0.2, -0.15) is 0 Å². The van der Waals surface area contributed by atoms with Gasteiger partial charge in [-0.05, 0) is 31.0 Å². The van der Waals surface area contributed by atoms with E-state index >= 15 is 0 Å². The minimum atomic E-state index is 0.262. The molecule has 2 heterocycles. The topological polar surface area (TPSA) is 107 Å². The number of nitrogen functional groups attached to an aromatic ring is 1. The number of nitrogens with zero attached hydrogens (tertiary/aromatic N) is 3. The molecule has 0 aliphatic carbocycles. The first-order valence-electron chi connectivity index (χ1n) is 9.18. The zero-order valence-corrected chi connectivity index (χ0v) is 16.8. The highest BCUT2D eigenvalue weighted by Gasteiger charge is 2.17. The van der Waals surface area contributed by atoms with Crippen LogP contribution in [0.1, 0.15) is 24.1 Å². The maximum atomic E-state index is 8.52. The highest BCUT2D eigenvalue weighted by Crippen LogP contribution is 2.24. The number of rotatable bonds is 7. The molecule has 152 valence electrons. The standard InChI is InChI=1S/C18H23N5O2.C2H6O/c1-24-8-9-25-13-4-5-15(19)14(10-13)18(20)16-11-17(22-12-21-16)23-6-2-3-7-23;1-3-2/h4-5,10-12,20H,2-3,6-9,19H2,1H3;1-2H3. The maximum Gasteiger partial charge on any atom is 0.132 e. The van der Waals surface area contributed by atoms with Gasteiger partial charge in [-0.25, -0.2) is 9.97 Å². The largest absolute Gasteiger partial charge is 0.491 e. The van der Waals surface area contributed by atoms with Gasteiger partial charge in [-0.1, -0.05) is 0 Å². The second kappa shape index (κ2) is 11.2. The molecule has 0 amide bonds.